The Morgan fingerprint density at radius 1 is 1.06 bits per heavy atom. The summed E-state index contributed by atoms with van der Waals surface area (Å²) >= 11 is 5.70. The molecular weight excluding hydrogens is 234 g/mol. The molecule has 84 valence electrons. The molecule has 1 heterocycles. The second-order valence-electron chi connectivity index (χ2n) is 3.85. The van der Waals surface area contributed by atoms with Gasteiger partial charge in [-0.1, -0.05) is 42.5 Å². The first-order valence-electron chi connectivity index (χ1n) is 5.34. The van der Waals surface area contributed by atoms with E-state index in [9.17, 15) is 0 Å². The van der Waals surface area contributed by atoms with Gasteiger partial charge >= 0.3 is 0 Å². The molecule has 0 spiro atoms. The number of nitrogens with zero attached hydrogens (tertiary/aromatic N) is 3. The van der Waals surface area contributed by atoms with Gasteiger partial charge < -0.3 is 0 Å². The van der Waals surface area contributed by atoms with Gasteiger partial charge in [0.2, 0.25) is 5.28 Å². The van der Waals surface area contributed by atoms with E-state index in [2.05, 4.69) is 40.4 Å². The maximum atomic E-state index is 5.70. The van der Waals surface area contributed by atoms with Gasteiger partial charge in [-0.15, -0.1) is 5.10 Å². The van der Waals surface area contributed by atoms with Crippen molar-refractivity contribution in [3.63, 3.8) is 0 Å². The van der Waals surface area contributed by atoms with Gasteiger partial charge in [-0.3, -0.25) is 0 Å². The summed E-state index contributed by atoms with van der Waals surface area (Å²) in [6.07, 6.45) is 1.64. The molecule has 0 aliphatic carbocycles. The van der Waals surface area contributed by atoms with E-state index >= 15 is 0 Å². The molecule has 0 saturated heterocycles. The second-order valence-corrected chi connectivity index (χ2v) is 4.19. The van der Waals surface area contributed by atoms with Crippen molar-refractivity contribution in [2.75, 3.05) is 0 Å². The lowest BCUT2D eigenvalue weighted by Gasteiger charge is -2.05. The zero-order chi connectivity index (χ0) is 11.7. The van der Waals surface area contributed by atoms with Gasteiger partial charge in [0.25, 0.3) is 0 Å². The van der Waals surface area contributed by atoms with Gasteiger partial charge in [-0.25, -0.2) is 9.67 Å². The smallest absolute Gasteiger partial charge is 0.242 e. The predicted molar refractivity (Wildman–Crippen MR) is 68.1 cm³/mol. The summed E-state index contributed by atoms with van der Waals surface area (Å²) in [5, 5.41) is 6.84. The lowest BCUT2D eigenvalue weighted by Crippen LogP contribution is -2.00. The van der Waals surface area contributed by atoms with Crippen molar-refractivity contribution in [3.05, 3.63) is 59.6 Å². The Balaban J connectivity index is 2.05. The quantitative estimate of drug-likeness (QED) is 0.692. The fraction of sp³-hybridized carbons (Fsp3) is 0.0769. The topological polar surface area (TPSA) is 30.7 Å². The van der Waals surface area contributed by atoms with Crippen molar-refractivity contribution in [3.8, 4) is 0 Å². The first kappa shape index (κ1) is 10.3. The molecule has 0 atom stereocenters. The molecule has 0 aliphatic heterocycles. The summed E-state index contributed by atoms with van der Waals surface area (Å²) in [7, 11) is 0. The molecule has 0 N–H and O–H groups in total. The van der Waals surface area contributed by atoms with Crippen LogP contribution in [0.1, 0.15) is 5.56 Å². The molecule has 0 fully saturated rings. The van der Waals surface area contributed by atoms with E-state index in [-0.39, 0.29) is 5.28 Å². The van der Waals surface area contributed by atoms with Crippen LogP contribution in [0.2, 0.25) is 5.28 Å². The average Bonchev–Trinajstić information content (AvgIpc) is 2.75. The summed E-state index contributed by atoms with van der Waals surface area (Å²) in [6.45, 7) is 0.682. The van der Waals surface area contributed by atoms with Crippen LogP contribution in [0.3, 0.4) is 0 Å². The molecule has 1 aromatic heterocycles. The Morgan fingerprint density at radius 3 is 2.71 bits per heavy atom. The number of rotatable bonds is 2. The van der Waals surface area contributed by atoms with Crippen LogP contribution in [0.4, 0.5) is 0 Å². The molecule has 0 amide bonds. The van der Waals surface area contributed by atoms with E-state index in [4.69, 9.17) is 11.6 Å². The van der Waals surface area contributed by atoms with Crippen LogP contribution >= 0.6 is 11.6 Å². The molecule has 17 heavy (non-hydrogen) atoms. The minimum absolute atomic E-state index is 0.283. The molecule has 3 aromatic rings. The molecule has 3 rings (SSSR count). The Kier molecular flexibility index (Phi) is 2.53. The molecular formula is C13H10ClN3. The molecule has 0 saturated carbocycles. The van der Waals surface area contributed by atoms with E-state index in [1.54, 1.807) is 11.0 Å². The zero-order valence-corrected chi connectivity index (χ0v) is 9.80. The van der Waals surface area contributed by atoms with Gasteiger partial charge in [-0.2, -0.15) is 0 Å². The summed E-state index contributed by atoms with van der Waals surface area (Å²) in [4.78, 5) is 3.91. The van der Waals surface area contributed by atoms with Crippen molar-refractivity contribution in [1.82, 2.24) is 14.8 Å². The average molecular weight is 244 g/mol. The summed E-state index contributed by atoms with van der Waals surface area (Å²) < 4.78 is 1.74. The molecule has 0 unspecified atom stereocenters. The first-order chi connectivity index (χ1) is 8.33. The van der Waals surface area contributed by atoms with Crippen LogP contribution in [-0.2, 0) is 6.54 Å². The highest BCUT2D eigenvalue weighted by Crippen LogP contribution is 2.19. The SMILES string of the molecule is Clc1ncn(Cc2cccc3ccccc23)n1. The molecule has 0 radical (unpaired) electrons. The fourth-order valence-electron chi connectivity index (χ4n) is 1.95. The highest BCUT2D eigenvalue weighted by molar-refractivity contribution is 6.28. The Morgan fingerprint density at radius 2 is 1.88 bits per heavy atom. The van der Waals surface area contributed by atoms with Crippen molar-refractivity contribution in [2.24, 2.45) is 0 Å². The van der Waals surface area contributed by atoms with Gasteiger partial charge in [0.15, 0.2) is 0 Å². The normalized spacial score (nSPS) is 10.9. The number of aromatic nitrogens is 3. The molecule has 0 aliphatic rings. The fourth-order valence-corrected chi connectivity index (χ4v) is 2.09. The van der Waals surface area contributed by atoms with Crippen LogP contribution in [0, 0.1) is 0 Å². The van der Waals surface area contributed by atoms with Crippen LogP contribution in [0.15, 0.2) is 48.8 Å². The van der Waals surface area contributed by atoms with E-state index in [1.807, 2.05) is 12.1 Å². The zero-order valence-electron chi connectivity index (χ0n) is 9.05. The lowest BCUT2D eigenvalue weighted by atomic mass is 10.0. The van der Waals surface area contributed by atoms with Crippen LogP contribution in [0.5, 0.6) is 0 Å². The van der Waals surface area contributed by atoms with Crippen LogP contribution in [-0.4, -0.2) is 14.8 Å². The van der Waals surface area contributed by atoms with Gasteiger partial charge in [-0.05, 0) is 27.9 Å². The Labute approximate surface area is 104 Å². The van der Waals surface area contributed by atoms with E-state index in [0.29, 0.717) is 6.54 Å². The monoisotopic (exact) mass is 243 g/mol. The predicted octanol–water partition coefficient (Wildman–Crippen LogP) is 3.13. The number of benzene rings is 2. The number of fused-ring (bicyclic) bond motifs is 1. The second kappa shape index (κ2) is 4.18. The summed E-state index contributed by atoms with van der Waals surface area (Å²) in [6, 6.07) is 14.6. The third-order valence-corrected chi connectivity index (χ3v) is 2.89. The highest BCUT2D eigenvalue weighted by Gasteiger charge is 2.02. The van der Waals surface area contributed by atoms with Gasteiger partial charge in [0.1, 0.15) is 6.33 Å². The standard InChI is InChI=1S/C13H10ClN3/c14-13-15-9-17(16-13)8-11-6-3-5-10-4-1-2-7-12(10)11/h1-7,9H,8H2. The van der Waals surface area contributed by atoms with Gasteiger partial charge in [0.05, 0.1) is 6.54 Å². The van der Waals surface area contributed by atoms with E-state index < -0.39 is 0 Å². The molecule has 2 aromatic carbocycles. The Bertz CT molecular complexity index is 655. The Hall–Kier alpha value is -1.87. The molecule has 3 nitrogen and oxygen atoms in total. The third-order valence-electron chi connectivity index (χ3n) is 2.72. The lowest BCUT2D eigenvalue weighted by molar-refractivity contribution is 0.688. The summed E-state index contributed by atoms with van der Waals surface area (Å²) in [5.41, 5.74) is 1.21. The molecule has 4 heteroatoms. The van der Waals surface area contributed by atoms with Crippen LogP contribution < -0.4 is 0 Å². The van der Waals surface area contributed by atoms with Crippen LogP contribution in [0.25, 0.3) is 10.8 Å². The van der Waals surface area contributed by atoms with Crippen molar-refractivity contribution < 1.29 is 0 Å². The van der Waals surface area contributed by atoms with Crippen molar-refractivity contribution in [1.29, 1.82) is 0 Å². The van der Waals surface area contributed by atoms with E-state index in [1.165, 1.54) is 16.3 Å². The third kappa shape index (κ3) is 2.01. The van der Waals surface area contributed by atoms with E-state index in [0.717, 1.165) is 0 Å². The maximum Gasteiger partial charge on any atom is 0.242 e. The first-order valence-corrected chi connectivity index (χ1v) is 5.72. The highest BCUT2D eigenvalue weighted by atomic mass is 35.5. The van der Waals surface area contributed by atoms with Crippen molar-refractivity contribution >= 4 is 22.4 Å². The maximum absolute atomic E-state index is 5.70. The number of halogens is 1. The number of hydrogen-bond acceptors (Lipinski definition) is 2. The molecule has 0 bridgehead atoms. The number of hydrogen-bond donors (Lipinski definition) is 0. The minimum atomic E-state index is 0.283. The summed E-state index contributed by atoms with van der Waals surface area (Å²) in [5.74, 6) is 0. The largest absolute Gasteiger partial charge is 0.247 e. The van der Waals surface area contributed by atoms with Gasteiger partial charge in [0, 0.05) is 0 Å². The van der Waals surface area contributed by atoms with Crippen molar-refractivity contribution in [2.45, 2.75) is 6.54 Å². The minimum Gasteiger partial charge on any atom is -0.247 e.